The van der Waals surface area contributed by atoms with E-state index < -0.39 is 11.6 Å². The number of hydrogen-bond acceptors (Lipinski definition) is 3. The number of nitrogens with zero attached hydrogens (tertiary/aromatic N) is 2. The minimum Gasteiger partial charge on any atom is -0.493 e. The summed E-state index contributed by atoms with van der Waals surface area (Å²) in [4.78, 5) is 0. The number of ether oxygens (including phenoxy) is 1. The molecule has 0 bridgehead atoms. The molecule has 7 heteroatoms. The summed E-state index contributed by atoms with van der Waals surface area (Å²) in [5.41, 5.74) is 9.93. The molecule has 0 atom stereocenters. The second-order valence-electron chi connectivity index (χ2n) is 2.98. The van der Waals surface area contributed by atoms with Crippen LogP contribution in [0.3, 0.4) is 0 Å². The number of halogens is 2. The van der Waals surface area contributed by atoms with Crippen molar-refractivity contribution in [3.05, 3.63) is 29.3 Å². The molecule has 0 aliphatic heterocycles. The molecule has 0 saturated carbocycles. The summed E-state index contributed by atoms with van der Waals surface area (Å²) < 4.78 is 31.6. The van der Waals surface area contributed by atoms with E-state index in [9.17, 15) is 8.78 Å². The molecule has 92 valence electrons. The van der Waals surface area contributed by atoms with Crippen LogP contribution in [0, 0.1) is 11.6 Å². The van der Waals surface area contributed by atoms with Crippen molar-refractivity contribution in [2.24, 2.45) is 21.7 Å². The van der Waals surface area contributed by atoms with Crippen LogP contribution < -0.4 is 16.2 Å². The van der Waals surface area contributed by atoms with Crippen molar-refractivity contribution in [1.29, 1.82) is 0 Å². The molecule has 0 aromatic heterocycles. The normalized spacial score (nSPS) is 10.5. The summed E-state index contributed by atoms with van der Waals surface area (Å²) in [7, 11) is 0. The van der Waals surface area contributed by atoms with Crippen LogP contribution in [0.5, 0.6) is 5.75 Å². The Morgan fingerprint density at radius 3 is 2.71 bits per heavy atom. The highest BCUT2D eigenvalue weighted by Crippen LogP contribution is 2.22. The van der Waals surface area contributed by atoms with E-state index >= 15 is 0 Å². The zero-order valence-corrected chi connectivity index (χ0v) is 9.15. The average molecular weight is 242 g/mol. The molecule has 0 heterocycles. The Labute approximate surface area is 96.8 Å². The summed E-state index contributed by atoms with van der Waals surface area (Å²) in [5.74, 6) is -2.18. The molecule has 0 saturated heterocycles. The van der Waals surface area contributed by atoms with Gasteiger partial charge in [0.25, 0.3) is 0 Å². The Balaban J connectivity index is 3.14. The van der Waals surface area contributed by atoms with Gasteiger partial charge in [0.1, 0.15) is 5.75 Å². The van der Waals surface area contributed by atoms with Crippen molar-refractivity contribution in [2.45, 2.75) is 6.92 Å². The highest BCUT2D eigenvalue weighted by Gasteiger charge is 2.12. The van der Waals surface area contributed by atoms with E-state index in [2.05, 4.69) is 10.2 Å². The van der Waals surface area contributed by atoms with Gasteiger partial charge in [0.2, 0.25) is 5.96 Å². The van der Waals surface area contributed by atoms with Gasteiger partial charge in [-0.2, -0.15) is 5.10 Å². The van der Waals surface area contributed by atoms with Crippen LogP contribution in [0.2, 0.25) is 0 Å². The summed E-state index contributed by atoms with van der Waals surface area (Å²) in [5, 5.41) is 6.70. The first-order valence-electron chi connectivity index (χ1n) is 4.79. The second kappa shape index (κ2) is 5.78. The lowest BCUT2D eigenvalue weighted by molar-refractivity contribution is 0.335. The van der Waals surface area contributed by atoms with Crippen LogP contribution in [0.25, 0.3) is 0 Å². The summed E-state index contributed by atoms with van der Waals surface area (Å²) in [6, 6.07) is 2.27. The lowest BCUT2D eigenvalue weighted by atomic mass is 10.2. The minimum atomic E-state index is -1.06. The fourth-order valence-corrected chi connectivity index (χ4v) is 1.10. The van der Waals surface area contributed by atoms with Crippen molar-refractivity contribution < 1.29 is 13.5 Å². The van der Waals surface area contributed by atoms with E-state index in [1.165, 1.54) is 6.07 Å². The molecule has 4 N–H and O–H groups in total. The Morgan fingerprint density at radius 1 is 1.41 bits per heavy atom. The van der Waals surface area contributed by atoms with E-state index in [0.29, 0.717) is 6.61 Å². The van der Waals surface area contributed by atoms with E-state index in [1.54, 1.807) is 6.92 Å². The molecule has 1 aromatic carbocycles. The topological polar surface area (TPSA) is 86.0 Å². The zero-order chi connectivity index (χ0) is 12.8. The zero-order valence-electron chi connectivity index (χ0n) is 9.15. The van der Waals surface area contributed by atoms with Crippen LogP contribution >= 0.6 is 0 Å². The van der Waals surface area contributed by atoms with Crippen LogP contribution in [0.1, 0.15) is 12.5 Å². The fraction of sp³-hybridized carbons (Fsp3) is 0.200. The van der Waals surface area contributed by atoms with Crippen LogP contribution in [-0.4, -0.2) is 18.8 Å². The number of guanidine groups is 1. The first kappa shape index (κ1) is 12.9. The molecule has 1 rings (SSSR count). The van der Waals surface area contributed by atoms with Gasteiger partial charge in [-0.15, -0.1) is 5.10 Å². The molecule has 0 radical (unpaired) electrons. The third kappa shape index (κ3) is 3.40. The summed E-state index contributed by atoms with van der Waals surface area (Å²) in [6.07, 6.45) is 0.989. The predicted molar refractivity (Wildman–Crippen MR) is 60.9 cm³/mol. The fourth-order valence-electron chi connectivity index (χ4n) is 1.10. The maximum Gasteiger partial charge on any atom is 0.211 e. The summed E-state index contributed by atoms with van der Waals surface area (Å²) >= 11 is 0. The van der Waals surface area contributed by atoms with Crippen LogP contribution in [0.15, 0.2) is 22.3 Å². The van der Waals surface area contributed by atoms with Gasteiger partial charge in [-0.3, -0.25) is 0 Å². The van der Waals surface area contributed by atoms with Gasteiger partial charge < -0.3 is 16.2 Å². The Morgan fingerprint density at radius 2 is 2.12 bits per heavy atom. The largest absolute Gasteiger partial charge is 0.493 e. The number of rotatable bonds is 4. The van der Waals surface area contributed by atoms with Gasteiger partial charge in [0.05, 0.1) is 18.4 Å². The molecular formula is C10H12F2N4O. The molecule has 1 aromatic rings. The van der Waals surface area contributed by atoms with Crippen LogP contribution in [-0.2, 0) is 0 Å². The van der Waals surface area contributed by atoms with Crippen molar-refractivity contribution in [3.63, 3.8) is 0 Å². The smallest absolute Gasteiger partial charge is 0.211 e. The Kier molecular flexibility index (Phi) is 4.38. The van der Waals surface area contributed by atoms with Crippen molar-refractivity contribution in [1.82, 2.24) is 0 Å². The number of hydrogen-bond donors (Lipinski definition) is 2. The molecule has 0 aliphatic rings. The minimum absolute atomic E-state index is 0.142. The highest BCUT2D eigenvalue weighted by atomic mass is 19.2. The Hall–Kier alpha value is -2.18. The summed E-state index contributed by atoms with van der Waals surface area (Å²) in [6.45, 7) is 2.03. The third-order valence-electron chi connectivity index (χ3n) is 1.75. The lowest BCUT2D eigenvalue weighted by Gasteiger charge is -2.07. The lowest BCUT2D eigenvalue weighted by Crippen LogP contribution is -2.21. The van der Waals surface area contributed by atoms with E-state index in [0.717, 1.165) is 12.3 Å². The number of benzene rings is 1. The van der Waals surface area contributed by atoms with Crippen molar-refractivity contribution in [2.75, 3.05) is 6.61 Å². The Bertz CT molecular complexity index is 456. The SMILES string of the molecule is CCOc1ccc(F)c(F)c1C=NN=C(N)N. The predicted octanol–water partition coefficient (Wildman–Crippen LogP) is 0.971. The molecule has 0 amide bonds. The quantitative estimate of drug-likeness (QED) is 0.468. The van der Waals surface area contributed by atoms with Gasteiger partial charge in [-0.05, 0) is 19.1 Å². The standard InChI is InChI=1S/C10H12F2N4O/c1-2-17-8-4-3-7(11)9(12)6(8)5-15-16-10(13)14/h3-5H,2H2,1H3,(H4,13,14,16). The molecule has 0 fully saturated rings. The van der Waals surface area contributed by atoms with Gasteiger partial charge in [-0.1, -0.05) is 0 Å². The molecule has 5 nitrogen and oxygen atoms in total. The highest BCUT2D eigenvalue weighted by molar-refractivity contribution is 5.85. The van der Waals surface area contributed by atoms with Gasteiger partial charge in [0.15, 0.2) is 11.6 Å². The van der Waals surface area contributed by atoms with Gasteiger partial charge in [-0.25, -0.2) is 8.78 Å². The molecule has 17 heavy (non-hydrogen) atoms. The van der Waals surface area contributed by atoms with E-state index in [-0.39, 0.29) is 17.3 Å². The number of nitrogens with two attached hydrogens (primary N) is 2. The third-order valence-corrected chi connectivity index (χ3v) is 1.75. The van der Waals surface area contributed by atoms with E-state index in [1.807, 2.05) is 0 Å². The second-order valence-corrected chi connectivity index (χ2v) is 2.98. The average Bonchev–Trinajstić information content (AvgIpc) is 2.27. The first-order chi connectivity index (χ1) is 8.06. The maximum absolute atomic E-state index is 13.5. The monoisotopic (exact) mass is 242 g/mol. The van der Waals surface area contributed by atoms with E-state index in [4.69, 9.17) is 16.2 Å². The first-order valence-corrected chi connectivity index (χ1v) is 4.79. The van der Waals surface area contributed by atoms with Crippen LogP contribution in [0.4, 0.5) is 8.78 Å². The molecule has 0 spiro atoms. The van der Waals surface area contributed by atoms with Crippen molar-refractivity contribution in [3.8, 4) is 5.75 Å². The molecule has 0 aliphatic carbocycles. The molecule has 0 unspecified atom stereocenters. The molecular weight excluding hydrogens is 230 g/mol. The van der Waals surface area contributed by atoms with Gasteiger partial charge in [0, 0.05) is 0 Å². The van der Waals surface area contributed by atoms with Gasteiger partial charge >= 0.3 is 0 Å². The maximum atomic E-state index is 13.5. The van der Waals surface area contributed by atoms with Crippen molar-refractivity contribution >= 4 is 12.2 Å².